The van der Waals surface area contributed by atoms with Gasteiger partial charge in [-0.25, -0.2) is 4.98 Å². The smallest absolute Gasteiger partial charge is 0.339 e. The lowest BCUT2D eigenvalue weighted by Gasteiger charge is -2.16. The number of hydrogen-bond acceptors (Lipinski definition) is 2. The molecule has 0 aliphatic rings. The average Bonchev–Trinajstić information content (AvgIpc) is 2.20. The summed E-state index contributed by atoms with van der Waals surface area (Å²) in [6, 6.07) is 1.02. The summed E-state index contributed by atoms with van der Waals surface area (Å²) in [5.74, 6) is -0.842. The number of alkyl halides is 3. The topological polar surface area (TPSA) is 42.0 Å². The molecule has 1 unspecified atom stereocenters. The number of aromatic nitrogens is 1. The van der Waals surface area contributed by atoms with Crippen molar-refractivity contribution in [1.29, 1.82) is 0 Å². The number of carbonyl (C=O) groups is 1. The van der Waals surface area contributed by atoms with Crippen LogP contribution < -0.4 is 5.32 Å². The Morgan fingerprint density at radius 3 is 2.53 bits per heavy atom. The molecule has 94 valence electrons. The molecule has 0 fully saturated rings. The molecule has 0 aliphatic heterocycles. The van der Waals surface area contributed by atoms with Gasteiger partial charge in [0.2, 0.25) is 0 Å². The molecule has 1 aromatic rings. The van der Waals surface area contributed by atoms with Gasteiger partial charge >= 0.3 is 6.18 Å². The summed E-state index contributed by atoms with van der Waals surface area (Å²) in [5.41, 5.74) is 0.499. The first-order valence-corrected chi connectivity index (χ1v) is 5.52. The molecule has 7 heteroatoms. The molecule has 0 bridgehead atoms. The highest BCUT2D eigenvalue weighted by molar-refractivity contribution is 9.10. The molecule has 0 aliphatic carbocycles. The summed E-state index contributed by atoms with van der Waals surface area (Å²) in [4.78, 5) is 15.4. The van der Waals surface area contributed by atoms with Gasteiger partial charge in [-0.05, 0) is 41.9 Å². The Morgan fingerprint density at radius 1 is 1.47 bits per heavy atom. The fourth-order valence-electron chi connectivity index (χ4n) is 1.02. The van der Waals surface area contributed by atoms with Crippen LogP contribution in [0.25, 0.3) is 0 Å². The van der Waals surface area contributed by atoms with Crippen LogP contribution >= 0.6 is 15.9 Å². The molecule has 3 nitrogen and oxygen atoms in total. The summed E-state index contributed by atoms with van der Waals surface area (Å²) < 4.78 is 37.4. The number of nitrogens with one attached hydrogen (secondary N) is 1. The number of pyridine rings is 1. The molecular formula is C10H10BrF3N2O. The Hall–Kier alpha value is -1.11. The lowest BCUT2D eigenvalue weighted by molar-refractivity contribution is -0.149. The van der Waals surface area contributed by atoms with Gasteiger partial charge in [-0.2, -0.15) is 13.2 Å². The van der Waals surface area contributed by atoms with Gasteiger partial charge in [0.25, 0.3) is 5.91 Å². The van der Waals surface area contributed by atoms with Crippen molar-refractivity contribution in [3.8, 4) is 0 Å². The van der Waals surface area contributed by atoms with Crippen LogP contribution in [0.15, 0.2) is 16.6 Å². The average molecular weight is 311 g/mol. The van der Waals surface area contributed by atoms with Gasteiger partial charge in [0, 0.05) is 4.47 Å². The Kier molecular flexibility index (Phi) is 4.13. The SMILES string of the molecule is Cc1nc(C(=O)NC(C)C(F)(F)F)ccc1Br. The summed E-state index contributed by atoms with van der Waals surface area (Å²) >= 11 is 3.19. The number of aryl methyl sites for hydroxylation is 1. The maximum absolute atomic E-state index is 12.2. The van der Waals surface area contributed by atoms with Crippen molar-refractivity contribution >= 4 is 21.8 Å². The number of rotatable bonds is 2. The van der Waals surface area contributed by atoms with Crippen molar-refractivity contribution in [2.45, 2.75) is 26.1 Å². The molecule has 0 spiro atoms. The van der Waals surface area contributed by atoms with E-state index >= 15 is 0 Å². The number of carbonyl (C=O) groups excluding carboxylic acids is 1. The molecular weight excluding hydrogens is 301 g/mol. The van der Waals surface area contributed by atoms with Crippen LogP contribution in [-0.4, -0.2) is 23.1 Å². The van der Waals surface area contributed by atoms with Crippen LogP contribution in [0.1, 0.15) is 23.1 Å². The molecule has 0 saturated carbocycles. The van der Waals surface area contributed by atoms with Crippen molar-refractivity contribution in [1.82, 2.24) is 10.3 Å². The van der Waals surface area contributed by atoms with Gasteiger partial charge in [0.15, 0.2) is 0 Å². The van der Waals surface area contributed by atoms with E-state index in [1.807, 2.05) is 5.32 Å². The zero-order chi connectivity index (χ0) is 13.2. The standard InChI is InChI=1S/C10H10BrF3N2O/c1-5-7(11)3-4-8(15-5)9(17)16-6(2)10(12,13)14/h3-4,6H,1-2H3,(H,16,17). The van der Waals surface area contributed by atoms with Crippen LogP contribution in [0, 0.1) is 6.92 Å². The van der Waals surface area contributed by atoms with E-state index < -0.39 is 18.1 Å². The van der Waals surface area contributed by atoms with Crippen LogP contribution in [0.4, 0.5) is 13.2 Å². The quantitative estimate of drug-likeness (QED) is 0.912. The third-order valence-electron chi connectivity index (χ3n) is 2.09. The maximum Gasteiger partial charge on any atom is 0.408 e. The van der Waals surface area contributed by atoms with Crippen LogP contribution in [0.5, 0.6) is 0 Å². The fourth-order valence-corrected chi connectivity index (χ4v) is 1.24. The minimum atomic E-state index is -4.46. The van der Waals surface area contributed by atoms with Crippen molar-refractivity contribution in [2.75, 3.05) is 0 Å². The van der Waals surface area contributed by atoms with Gasteiger partial charge < -0.3 is 5.32 Å². The van der Waals surface area contributed by atoms with Gasteiger partial charge in [-0.1, -0.05) is 0 Å². The molecule has 1 atom stereocenters. The first-order chi connectivity index (χ1) is 7.71. The zero-order valence-electron chi connectivity index (χ0n) is 9.10. The highest BCUT2D eigenvalue weighted by Gasteiger charge is 2.37. The first kappa shape index (κ1) is 14.0. The third kappa shape index (κ3) is 3.69. The summed E-state index contributed by atoms with van der Waals surface area (Å²) in [5, 5.41) is 1.84. The first-order valence-electron chi connectivity index (χ1n) is 4.72. The summed E-state index contributed by atoms with van der Waals surface area (Å²) in [6.07, 6.45) is -4.46. The van der Waals surface area contributed by atoms with Crippen molar-refractivity contribution in [3.63, 3.8) is 0 Å². The highest BCUT2D eigenvalue weighted by atomic mass is 79.9. The monoisotopic (exact) mass is 310 g/mol. The molecule has 17 heavy (non-hydrogen) atoms. The fraction of sp³-hybridized carbons (Fsp3) is 0.400. The zero-order valence-corrected chi connectivity index (χ0v) is 10.7. The van der Waals surface area contributed by atoms with Crippen LogP contribution in [0.2, 0.25) is 0 Å². The van der Waals surface area contributed by atoms with E-state index in [0.717, 1.165) is 6.92 Å². The van der Waals surface area contributed by atoms with E-state index in [0.29, 0.717) is 10.2 Å². The van der Waals surface area contributed by atoms with E-state index in [4.69, 9.17) is 0 Å². The maximum atomic E-state index is 12.2. The van der Waals surface area contributed by atoms with Crippen molar-refractivity contribution in [3.05, 3.63) is 28.0 Å². The van der Waals surface area contributed by atoms with Gasteiger partial charge in [-0.3, -0.25) is 4.79 Å². The number of hydrogen-bond donors (Lipinski definition) is 1. The van der Waals surface area contributed by atoms with Gasteiger partial charge in [0.05, 0.1) is 5.69 Å². The Morgan fingerprint density at radius 2 is 2.06 bits per heavy atom. The minimum Gasteiger partial charge on any atom is -0.339 e. The van der Waals surface area contributed by atoms with Gasteiger partial charge in [0.1, 0.15) is 11.7 Å². The minimum absolute atomic E-state index is 0.0400. The third-order valence-corrected chi connectivity index (χ3v) is 2.93. The van der Waals surface area contributed by atoms with Crippen LogP contribution in [-0.2, 0) is 0 Å². The van der Waals surface area contributed by atoms with E-state index in [9.17, 15) is 18.0 Å². The highest BCUT2D eigenvalue weighted by Crippen LogP contribution is 2.20. The normalized spacial score (nSPS) is 13.3. The Balaban J connectivity index is 2.80. The molecule has 1 rings (SSSR count). The van der Waals surface area contributed by atoms with Gasteiger partial charge in [-0.15, -0.1) is 0 Å². The second-order valence-corrected chi connectivity index (χ2v) is 4.35. The van der Waals surface area contributed by atoms with E-state index in [1.54, 1.807) is 13.0 Å². The molecule has 0 saturated heterocycles. The predicted molar refractivity (Wildman–Crippen MR) is 59.7 cm³/mol. The summed E-state index contributed by atoms with van der Waals surface area (Å²) in [6.45, 7) is 2.53. The predicted octanol–water partition coefficient (Wildman–Crippen LogP) is 2.83. The lowest BCUT2D eigenvalue weighted by Crippen LogP contribution is -2.43. The van der Waals surface area contributed by atoms with E-state index in [2.05, 4.69) is 20.9 Å². The second-order valence-electron chi connectivity index (χ2n) is 3.50. The molecule has 1 N–H and O–H groups in total. The van der Waals surface area contributed by atoms with Crippen molar-refractivity contribution in [2.24, 2.45) is 0 Å². The second kappa shape index (κ2) is 5.03. The Labute approximate surface area is 105 Å². The Bertz CT molecular complexity index is 434. The molecule has 1 amide bonds. The molecule has 1 aromatic heterocycles. The number of halogens is 4. The number of nitrogens with zero attached hydrogens (tertiary/aromatic N) is 1. The molecule has 1 heterocycles. The number of amides is 1. The van der Waals surface area contributed by atoms with E-state index in [-0.39, 0.29) is 5.69 Å². The largest absolute Gasteiger partial charge is 0.408 e. The van der Waals surface area contributed by atoms with E-state index in [1.165, 1.54) is 6.07 Å². The lowest BCUT2D eigenvalue weighted by atomic mass is 10.2. The van der Waals surface area contributed by atoms with Crippen LogP contribution in [0.3, 0.4) is 0 Å². The molecule has 0 radical (unpaired) electrons. The molecule has 0 aromatic carbocycles. The summed E-state index contributed by atoms with van der Waals surface area (Å²) in [7, 11) is 0. The van der Waals surface area contributed by atoms with Crippen molar-refractivity contribution < 1.29 is 18.0 Å².